The first-order chi connectivity index (χ1) is 9.92. The number of halogens is 3. The van der Waals surface area contributed by atoms with Gasteiger partial charge in [-0.25, -0.2) is 8.78 Å². The zero-order valence-corrected chi connectivity index (χ0v) is 12.9. The summed E-state index contributed by atoms with van der Waals surface area (Å²) >= 11 is 2.88. The van der Waals surface area contributed by atoms with Crippen molar-refractivity contribution in [1.29, 1.82) is 0 Å². The Morgan fingerprint density at radius 2 is 2.05 bits per heavy atom. The standard InChI is InChI=1S/C14H14BrF2N3O/c1-2-3-20-7-8(18)4-13(20)14(21)19-12-6-10(16)9(15)5-11(12)17/h4-7H,2-3,18H2,1H3,(H,19,21). The fourth-order valence-electron chi connectivity index (χ4n) is 1.95. The SMILES string of the molecule is CCCn1cc(N)cc1C(=O)Nc1cc(F)c(Br)cc1F. The summed E-state index contributed by atoms with van der Waals surface area (Å²) in [6, 6.07) is 3.39. The molecule has 0 aliphatic rings. The van der Waals surface area contributed by atoms with Gasteiger partial charge in [-0.05, 0) is 34.5 Å². The number of rotatable bonds is 4. The van der Waals surface area contributed by atoms with Crippen molar-refractivity contribution in [2.24, 2.45) is 0 Å². The van der Waals surface area contributed by atoms with Gasteiger partial charge in [-0.15, -0.1) is 0 Å². The molecule has 0 radical (unpaired) electrons. The monoisotopic (exact) mass is 357 g/mol. The molecule has 0 atom stereocenters. The molecule has 0 fully saturated rings. The van der Waals surface area contributed by atoms with Crippen molar-refractivity contribution in [3.05, 3.63) is 46.2 Å². The Hall–Kier alpha value is -1.89. The first-order valence-electron chi connectivity index (χ1n) is 6.34. The van der Waals surface area contributed by atoms with E-state index in [1.54, 1.807) is 10.8 Å². The molecule has 1 aromatic carbocycles. The molecule has 0 aliphatic heterocycles. The average Bonchev–Trinajstić information content (AvgIpc) is 2.77. The Morgan fingerprint density at radius 1 is 1.33 bits per heavy atom. The number of aromatic nitrogens is 1. The van der Waals surface area contributed by atoms with Crippen LogP contribution in [0.3, 0.4) is 0 Å². The summed E-state index contributed by atoms with van der Waals surface area (Å²) in [4.78, 5) is 12.2. The molecule has 2 rings (SSSR count). The van der Waals surface area contributed by atoms with E-state index >= 15 is 0 Å². The maximum Gasteiger partial charge on any atom is 0.272 e. The van der Waals surface area contributed by atoms with Crippen molar-refractivity contribution >= 4 is 33.2 Å². The topological polar surface area (TPSA) is 60.0 Å². The Kier molecular flexibility index (Phi) is 4.62. The maximum absolute atomic E-state index is 13.7. The predicted octanol–water partition coefficient (Wildman–Crippen LogP) is 3.77. The quantitative estimate of drug-likeness (QED) is 0.818. The van der Waals surface area contributed by atoms with Gasteiger partial charge in [0.1, 0.15) is 17.3 Å². The van der Waals surface area contributed by atoms with Crippen LogP contribution in [-0.4, -0.2) is 10.5 Å². The molecule has 1 aromatic heterocycles. The molecule has 0 aliphatic carbocycles. The number of anilines is 2. The highest BCUT2D eigenvalue weighted by Crippen LogP contribution is 2.24. The normalized spacial score (nSPS) is 10.7. The van der Waals surface area contributed by atoms with Gasteiger partial charge in [0.25, 0.3) is 5.91 Å². The second-order valence-electron chi connectivity index (χ2n) is 4.55. The summed E-state index contributed by atoms with van der Waals surface area (Å²) in [6.07, 6.45) is 2.45. The van der Waals surface area contributed by atoms with Crippen molar-refractivity contribution in [2.75, 3.05) is 11.1 Å². The number of amides is 1. The zero-order chi connectivity index (χ0) is 15.6. The molecule has 0 spiro atoms. The molecule has 21 heavy (non-hydrogen) atoms. The second kappa shape index (κ2) is 6.26. The van der Waals surface area contributed by atoms with Gasteiger partial charge in [0.2, 0.25) is 0 Å². The van der Waals surface area contributed by atoms with E-state index in [2.05, 4.69) is 21.2 Å². The lowest BCUT2D eigenvalue weighted by atomic mass is 10.2. The lowest BCUT2D eigenvalue weighted by Crippen LogP contribution is -2.17. The van der Waals surface area contributed by atoms with E-state index in [0.29, 0.717) is 17.9 Å². The Labute approximate surface area is 129 Å². The second-order valence-corrected chi connectivity index (χ2v) is 5.41. The molecule has 7 heteroatoms. The van der Waals surface area contributed by atoms with Crippen molar-refractivity contribution < 1.29 is 13.6 Å². The summed E-state index contributed by atoms with van der Waals surface area (Å²) in [6.45, 7) is 2.57. The van der Waals surface area contributed by atoms with E-state index in [9.17, 15) is 13.6 Å². The minimum absolute atomic E-state index is 0.00315. The van der Waals surface area contributed by atoms with Gasteiger partial charge in [0, 0.05) is 18.8 Å². The predicted molar refractivity (Wildman–Crippen MR) is 81.1 cm³/mol. The lowest BCUT2D eigenvalue weighted by molar-refractivity contribution is 0.101. The van der Waals surface area contributed by atoms with Crippen LogP contribution in [0.5, 0.6) is 0 Å². The van der Waals surface area contributed by atoms with Crippen molar-refractivity contribution in [3.63, 3.8) is 0 Å². The van der Waals surface area contributed by atoms with Crippen molar-refractivity contribution in [1.82, 2.24) is 4.57 Å². The molecular formula is C14H14BrF2N3O. The zero-order valence-electron chi connectivity index (χ0n) is 11.3. The highest BCUT2D eigenvalue weighted by atomic mass is 79.9. The summed E-state index contributed by atoms with van der Waals surface area (Å²) in [7, 11) is 0. The maximum atomic E-state index is 13.7. The van der Waals surface area contributed by atoms with Crippen LogP contribution in [0.2, 0.25) is 0 Å². The van der Waals surface area contributed by atoms with Crippen molar-refractivity contribution in [3.8, 4) is 0 Å². The number of nitrogen functional groups attached to an aromatic ring is 1. The van der Waals surface area contributed by atoms with Gasteiger partial charge in [0.05, 0.1) is 15.8 Å². The van der Waals surface area contributed by atoms with Crippen LogP contribution < -0.4 is 11.1 Å². The van der Waals surface area contributed by atoms with Crippen LogP contribution >= 0.6 is 15.9 Å². The fraction of sp³-hybridized carbons (Fsp3) is 0.214. The molecule has 0 unspecified atom stereocenters. The van der Waals surface area contributed by atoms with Crippen LogP contribution in [0, 0.1) is 11.6 Å². The number of aryl methyl sites for hydroxylation is 1. The molecule has 1 amide bonds. The number of nitrogens with two attached hydrogens (primary N) is 1. The third-order valence-corrected chi connectivity index (χ3v) is 3.48. The number of hydrogen-bond donors (Lipinski definition) is 2. The van der Waals surface area contributed by atoms with E-state index in [0.717, 1.165) is 18.6 Å². The number of hydrogen-bond acceptors (Lipinski definition) is 2. The Balaban J connectivity index is 2.28. The van der Waals surface area contributed by atoms with Crippen LogP contribution in [-0.2, 0) is 6.54 Å². The van der Waals surface area contributed by atoms with E-state index < -0.39 is 17.5 Å². The molecule has 112 valence electrons. The molecule has 0 saturated carbocycles. The fourth-order valence-corrected chi connectivity index (χ4v) is 2.27. The van der Waals surface area contributed by atoms with Crippen molar-refractivity contribution in [2.45, 2.75) is 19.9 Å². The largest absolute Gasteiger partial charge is 0.397 e. The molecule has 3 N–H and O–H groups in total. The van der Waals surface area contributed by atoms with E-state index in [-0.39, 0.29) is 10.2 Å². The third kappa shape index (κ3) is 3.41. The molecular weight excluding hydrogens is 344 g/mol. The summed E-state index contributed by atoms with van der Waals surface area (Å²) in [5, 5.41) is 2.36. The highest BCUT2D eigenvalue weighted by molar-refractivity contribution is 9.10. The molecule has 4 nitrogen and oxygen atoms in total. The minimum Gasteiger partial charge on any atom is -0.397 e. The van der Waals surface area contributed by atoms with Crippen LogP contribution in [0.4, 0.5) is 20.2 Å². The molecule has 1 heterocycles. The highest BCUT2D eigenvalue weighted by Gasteiger charge is 2.16. The average molecular weight is 358 g/mol. The van der Waals surface area contributed by atoms with Crippen LogP contribution in [0.1, 0.15) is 23.8 Å². The van der Waals surface area contributed by atoms with Crippen LogP contribution in [0.25, 0.3) is 0 Å². The van der Waals surface area contributed by atoms with E-state index in [1.165, 1.54) is 6.07 Å². The van der Waals surface area contributed by atoms with Gasteiger partial charge >= 0.3 is 0 Å². The third-order valence-electron chi connectivity index (χ3n) is 2.87. The number of carbonyl (C=O) groups is 1. The first-order valence-corrected chi connectivity index (χ1v) is 7.13. The number of nitrogens with zero attached hydrogens (tertiary/aromatic N) is 1. The Bertz CT molecular complexity index is 685. The Morgan fingerprint density at radius 3 is 2.71 bits per heavy atom. The van der Waals surface area contributed by atoms with Gasteiger partial charge in [-0.2, -0.15) is 0 Å². The first kappa shape index (κ1) is 15.5. The molecule has 0 saturated heterocycles. The number of carbonyl (C=O) groups excluding carboxylic acids is 1. The smallest absolute Gasteiger partial charge is 0.272 e. The summed E-state index contributed by atoms with van der Waals surface area (Å²) in [5.41, 5.74) is 6.20. The molecule has 0 bridgehead atoms. The van der Waals surface area contributed by atoms with Gasteiger partial charge < -0.3 is 15.6 Å². The number of nitrogens with one attached hydrogen (secondary N) is 1. The van der Waals surface area contributed by atoms with E-state index in [1.807, 2.05) is 6.92 Å². The number of benzene rings is 1. The van der Waals surface area contributed by atoms with Gasteiger partial charge in [-0.1, -0.05) is 6.92 Å². The van der Waals surface area contributed by atoms with Gasteiger partial charge in [0.15, 0.2) is 0 Å². The van der Waals surface area contributed by atoms with Gasteiger partial charge in [-0.3, -0.25) is 4.79 Å². The summed E-state index contributed by atoms with van der Waals surface area (Å²) in [5.74, 6) is -1.92. The summed E-state index contributed by atoms with van der Waals surface area (Å²) < 4.78 is 28.8. The lowest BCUT2D eigenvalue weighted by Gasteiger charge is -2.10. The van der Waals surface area contributed by atoms with Crippen LogP contribution in [0.15, 0.2) is 28.9 Å². The molecule has 2 aromatic rings. The minimum atomic E-state index is -0.724. The van der Waals surface area contributed by atoms with E-state index in [4.69, 9.17) is 5.73 Å².